The van der Waals surface area contributed by atoms with Crippen LogP contribution in [-0.4, -0.2) is 48.6 Å². The third-order valence-electron chi connectivity index (χ3n) is 5.37. The Morgan fingerprint density at radius 2 is 2.20 bits per heavy atom. The molecule has 1 aromatic carbocycles. The van der Waals surface area contributed by atoms with Crippen LogP contribution in [0.15, 0.2) is 28.7 Å². The van der Waals surface area contributed by atoms with Crippen LogP contribution in [0.4, 0.5) is 0 Å². The lowest BCUT2D eigenvalue weighted by molar-refractivity contribution is 0.0211. The summed E-state index contributed by atoms with van der Waals surface area (Å²) in [6, 6.07) is 8.51. The van der Waals surface area contributed by atoms with Gasteiger partial charge in [-0.25, -0.2) is 0 Å². The monoisotopic (exact) mass is 337 g/mol. The van der Waals surface area contributed by atoms with Crippen molar-refractivity contribution in [1.29, 1.82) is 0 Å². The van der Waals surface area contributed by atoms with Crippen molar-refractivity contribution in [2.24, 2.45) is 11.7 Å². The number of hydrogen-bond acceptors (Lipinski definition) is 3. The number of rotatable bonds is 4. The van der Waals surface area contributed by atoms with Gasteiger partial charge in [-0.15, -0.1) is 0 Å². The molecule has 1 aromatic rings. The highest BCUT2D eigenvalue weighted by atomic mass is 79.9. The highest BCUT2D eigenvalue weighted by Gasteiger charge is 2.47. The van der Waals surface area contributed by atoms with E-state index in [1.165, 1.54) is 42.5 Å². The summed E-state index contributed by atoms with van der Waals surface area (Å²) >= 11 is 3.66. The number of likely N-dealkylation sites (N-methyl/N-ethyl adjacent to an activating group) is 1. The van der Waals surface area contributed by atoms with E-state index in [2.05, 4.69) is 57.0 Å². The van der Waals surface area contributed by atoms with E-state index in [1.807, 2.05) is 0 Å². The fourth-order valence-electron chi connectivity index (χ4n) is 4.00. The van der Waals surface area contributed by atoms with Crippen LogP contribution >= 0.6 is 15.9 Å². The fourth-order valence-corrected chi connectivity index (χ4v) is 4.41. The minimum Gasteiger partial charge on any atom is -0.329 e. The van der Waals surface area contributed by atoms with Crippen LogP contribution in [0.2, 0.25) is 0 Å². The van der Waals surface area contributed by atoms with Gasteiger partial charge in [0.15, 0.2) is 0 Å². The zero-order valence-electron chi connectivity index (χ0n) is 12.2. The lowest BCUT2D eigenvalue weighted by Gasteiger charge is -2.48. The maximum absolute atomic E-state index is 6.24. The molecule has 3 nitrogen and oxygen atoms in total. The average Bonchev–Trinajstić information content (AvgIpc) is 2.86. The standard InChI is InChI=1S/C16H24BrN3/c1-19(10-13-4-2-3-5-15(13)17)16(12-18)7-9-20-8-6-14(16)11-20/h2-5,14H,6-12,18H2,1H3. The van der Waals surface area contributed by atoms with Gasteiger partial charge in [0, 0.05) is 29.6 Å². The van der Waals surface area contributed by atoms with Crippen molar-refractivity contribution in [1.82, 2.24) is 9.80 Å². The second kappa shape index (κ2) is 5.76. The van der Waals surface area contributed by atoms with Gasteiger partial charge in [0.05, 0.1) is 0 Å². The molecule has 0 saturated carbocycles. The molecule has 2 N–H and O–H groups in total. The Labute approximate surface area is 130 Å². The Morgan fingerprint density at radius 1 is 1.40 bits per heavy atom. The summed E-state index contributed by atoms with van der Waals surface area (Å²) < 4.78 is 1.20. The number of halogens is 1. The van der Waals surface area contributed by atoms with Gasteiger partial charge in [0.25, 0.3) is 0 Å². The molecule has 2 heterocycles. The molecular weight excluding hydrogens is 314 g/mol. The molecule has 2 bridgehead atoms. The minimum atomic E-state index is 0.183. The van der Waals surface area contributed by atoms with Crippen molar-refractivity contribution in [2.75, 3.05) is 33.2 Å². The van der Waals surface area contributed by atoms with Crippen molar-refractivity contribution in [2.45, 2.75) is 24.9 Å². The molecule has 0 aliphatic carbocycles. The van der Waals surface area contributed by atoms with Crippen molar-refractivity contribution >= 4 is 15.9 Å². The summed E-state index contributed by atoms with van der Waals surface area (Å²) in [5, 5.41) is 0. The number of hydrogen-bond donors (Lipinski definition) is 1. The molecule has 0 radical (unpaired) electrons. The Bertz CT molecular complexity index is 479. The normalized spacial score (nSPS) is 32.8. The lowest BCUT2D eigenvalue weighted by atomic mass is 9.77. The topological polar surface area (TPSA) is 32.5 Å². The number of nitrogens with zero attached hydrogens (tertiary/aromatic N) is 2. The van der Waals surface area contributed by atoms with Crippen molar-refractivity contribution in [3.8, 4) is 0 Å². The van der Waals surface area contributed by atoms with Gasteiger partial charge < -0.3 is 10.6 Å². The molecule has 20 heavy (non-hydrogen) atoms. The third kappa shape index (κ3) is 2.43. The van der Waals surface area contributed by atoms with Crippen molar-refractivity contribution < 1.29 is 0 Å². The molecule has 2 aliphatic heterocycles. The number of piperidine rings is 1. The van der Waals surface area contributed by atoms with Crippen LogP contribution in [0, 0.1) is 5.92 Å². The van der Waals surface area contributed by atoms with Crippen LogP contribution in [0.1, 0.15) is 18.4 Å². The van der Waals surface area contributed by atoms with Crippen molar-refractivity contribution in [3.63, 3.8) is 0 Å². The smallest absolute Gasteiger partial charge is 0.0385 e. The molecule has 2 saturated heterocycles. The highest BCUT2D eigenvalue weighted by Crippen LogP contribution is 2.39. The lowest BCUT2D eigenvalue weighted by Crippen LogP contribution is -2.60. The number of fused-ring (bicyclic) bond motifs is 2. The van der Waals surface area contributed by atoms with Gasteiger partial charge >= 0.3 is 0 Å². The quantitative estimate of drug-likeness (QED) is 0.914. The summed E-state index contributed by atoms with van der Waals surface area (Å²) in [5.74, 6) is 0.730. The molecule has 4 heteroatoms. The Morgan fingerprint density at radius 3 is 2.95 bits per heavy atom. The first kappa shape index (κ1) is 14.5. The van der Waals surface area contributed by atoms with Gasteiger partial charge in [-0.2, -0.15) is 0 Å². The molecule has 2 fully saturated rings. The predicted molar refractivity (Wildman–Crippen MR) is 86.6 cm³/mol. The molecule has 2 aliphatic rings. The van der Waals surface area contributed by atoms with E-state index < -0.39 is 0 Å². The summed E-state index contributed by atoms with van der Waals surface area (Å²) in [7, 11) is 2.25. The number of nitrogens with two attached hydrogens (primary N) is 1. The average molecular weight is 338 g/mol. The Balaban J connectivity index is 1.80. The fraction of sp³-hybridized carbons (Fsp3) is 0.625. The number of benzene rings is 1. The summed E-state index contributed by atoms with van der Waals surface area (Å²) in [5.41, 5.74) is 7.78. The van der Waals surface area contributed by atoms with E-state index in [-0.39, 0.29) is 5.54 Å². The molecule has 3 unspecified atom stereocenters. The van der Waals surface area contributed by atoms with E-state index in [0.29, 0.717) is 0 Å². The van der Waals surface area contributed by atoms with E-state index in [1.54, 1.807) is 0 Å². The van der Waals surface area contributed by atoms with Gasteiger partial charge in [-0.1, -0.05) is 34.1 Å². The second-order valence-electron chi connectivity index (χ2n) is 6.29. The van der Waals surface area contributed by atoms with E-state index in [9.17, 15) is 0 Å². The maximum Gasteiger partial charge on any atom is 0.0385 e. The molecule has 110 valence electrons. The molecule has 0 amide bonds. The first-order valence-electron chi connectivity index (χ1n) is 7.53. The van der Waals surface area contributed by atoms with E-state index in [4.69, 9.17) is 5.73 Å². The summed E-state index contributed by atoms with van der Waals surface area (Å²) in [4.78, 5) is 5.10. The van der Waals surface area contributed by atoms with Gasteiger partial charge in [-0.3, -0.25) is 4.90 Å². The minimum absolute atomic E-state index is 0.183. The molecule has 3 rings (SSSR count). The van der Waals surface area contributed by atoms with E-state index >= 15 is 0 Å². The van der Waals surface area contributed by atoms with Crippen LogP contribution in [-0.2, 0) is 6.54 Å². The van der Waals surface area contributed by atoms with E-state index in [0.717, 1.165) is 19.0 Å². The van der Waals surface area contributed by atoms with Crippen LogP contribution in [0.25, 0.3) is 0 Å². The zero-order valence-corrected chi connectivity index (χ0v) is 13.8. The Kier molecular flexibility index (Phi) is 4.18. The Hall–Kier alpha value is -0.420. The first-order valence-corrected chi connectivity index (χ1v) is 8.32. The van der Waals surface area contributed by atoms with Gasteiger partial charge in [0.1, 0.15) is 0 Å². The third-order valence-corrected chi connectivity index (χ3v) is 6.15. The zero-order chi connectivity index (χ0) is 14.2. The predicted octanol–water partition coefficient (Wildman–Crippen LogP) is 2.30. The van der Waals surface area contributed by atoms with Crippen LogP contribution < -0.4 is 5.73 Å². The summed E-state index contributed by atoms with van der Waals surface area (Å²) in [6.45, 7) is 5.43. The van der Waals surface area contributed by atoms with Crippen LogP contribution in [0.5, 0.6) is 0 Å². The highest BCUT2D eigenvalue weighted by molar-refractivity contribution is 9.10. The largest absolute Gasteiger partial charge is 0.329 e. The maximum atomic E-state index is 6.24. The molecule has 3 atom stereocenters. The van der Waals surface area contributed by atoms with Gasteiger partial charge in [-0.05, 0) is 50.5 Å². The molecule has 0 aromatic heterocycles. The second-order valence-corrected chi connectivity index (χ2v) is 7.15. The molecular formula is C16H24BrN3. The SMILES string of the molecule is CN(Cc1ccccc1Br)C1(CN)CCN2CCC1C2. The van der Waals surface area contributed by atoms with Gasteiger partial charge in [0.2, 0.25) is 0 Å². The van der Waals surface area contributed by atoms with Crippen molar-refractivity contribution in [3.05, 3.63) is 34.3 Å². The first-order chi connectivity index (χ1) is 9.65. The molecule has 0 spiro atoms. The summed E-state index contributed by atoms with van der Waals surface area (Å²) in [6.07, 6.45) is 2.51. The van der Waals surface area contributed by atoms with Crippen LogP contribution in [0.3, 0.4) is 0 Å².